The highest BCUT2D eigenvalue weighted by molar-refractivity contribution is 5.96. The molecule has 0 spiro atoms. The fourth-order valence-electron chi connectivity index (χ4n) is 4.22. The zero-order valence-electron chi connectivity index (χ0n) is 19.2. The van der Waals surface area contributed by atoms with Gasteiger partial charge in [-0.05, 0) is 48.6 Å². The third-order valence-electron chi connectivity index (χ3n) is 6.06. The first-order chi connectivity index (χ1) is 16.1. The summed E-state index contributed by atoms with van der Waals surface area (Å²) >= 11 is 0. The number of nitrogens with zero attached hydrogens (tertiary/aromatic N) is 3. The second-order valence-corrected chi connectivity index (χ2v) is 8.24. The summed E-state index contributed by atoms with van der Waals surface area (Å²) in [7, 11) is 1.62. The van der Waals surface area contributed by atoms with Crippen LogP contribution in [0.1, 0.15) is 47.1 Å². The van der Waals surface area contributed by atoms with E-state index in [4.69, 9.17) is 4.74 Å². The lowest BCUT2D eigenvalue weighted by molar-refractivity contribution is -0.125. The largest absolute Gasteiger partial charge is 0.497 e. The quantitative estimate of drug-likeness (QED) is 0.575. The molecule has 2 amide bonds. The number of likely N-dealkylation sites (tertiary alicyclic amines) is 1. The van der Waals surface area contributed by atoms with E-state index < -0.39 is 6.04 Å². The van der Waals surface area contributed by atoms with Crippen molar-refractivity contribution < 1.29 is 14.3 Å². The Morgan fingerprint density at radius 2 is 1.85 bits per heavy atom. The zero-order valence-corrected chi connectivity index (χ0v) is 19.2. The van der Waals surface area contributed by atoms with Crippen LogP contribution in [-0.4, -0.2) is 46.2 Å². The predicted octanol–water partition coefficient (Wildman–Crippen LogP) is 3.42. The number of amides is 2. The monoisotopic (exact) mass is 446 g/mol. The fourth-order valence-corrected chi connectivity index (χ4v) is 4.22. The van der Waals surface area contributed by atoms with Crippen molar-refractivity contribution in [3.63, 3.8) is 0 Å². The molecule has 33 heavy (non-hydrogen) atoms. The van der Waals surface area contributed by atoms with E-state index in [0.717, 1.165) is 35.4 Å². The van der Waals surface area contributed by atoms with Gasteiger partial charge in [-0.2, -0.15) is 5.10 Å². The van der Waals surface area contributed by atoms with Gasteiger partial charge in [0.2, 0.25) is 5.91 Å². The molecule has 1 aliphatic rings. The number of hydrogen-bond acceptors (Lipinski definition) is 4. The van der Waals surface area contributed by atoms with E-state index in [1.165, 1.54) is 0 Å². The van der Waals surface area contributed by atoms with Crippen LogP contribution in [0, 0.1) is 0 Å². The Morgan fingerprint density at radius 1 is 1.09 bits per heavy atom. The molecule has 2 aromatic carbocycles. The standard InChI is InChI=1S/C26H30N4O3/c1-3-21-16-23(28-30(21)18-20-8-5-4-6-9-20)26(32)29-15-7-10-24(29)25(31)27-17-19-11-13-22(33-2)14-12-19/h4-6,8-9,11-14,16,24H,3,7,10,15,17-18H2,1-2H3,(H,27,31)/t24-/m1/s1. The van der Waals surface area contributed by atoms with E-state index >= 15 is 0 Å². The summed E-state index contributed by atoms with van der Waals surface area (Å²) in [5, 5.41) is 7.58. The van der Waals surface area contributed by atoms with Gasteiger partial charge in [-0.25, -0.2) is 0 Å². The van der Waals surface area contributed by atoms with Crippen LogP contribution in [0.3, 0.4) is 0 Å². The zero-order chi connectivity index (χ0) is 23.2. The number of carbonyl (C=O) groups is 2. The van der Waals surface area contributed by atoms with Gasteiger partial charge >= 0.3 is 0 Å². The molecular weight excluding hydrogens is 416 g/mol. The van der Waals surface area contributed by atoms with Crippen LogP contribution in [0.2, 0.25) is 0 Å². The Balaban J connectivity index is 1.43. The lowest BCUT2D eigenvalue weighted by Crippen LogP contribution is -2.45. The number of aromatic nitrogens is 2. The lowest BCUT2D eigenvalue weighted by Gasteiger charge is -2.23. The molecule has 0 radical (unpaired) electrons. The molecule has 0 saturated carbocycles. The summed E-state index contributed by atoms with van der Waals surface area (Å²) in [6.07, 6.45) is 2.24. The highest BCUT2D eigenvalue weighted by Crippen LogP contribution is 2.21. The maximum atomic E-state index is 13.3. The summed E-state index contributed by atoms with van der Waals surface area (Å²) in [6, 6.07) is 19.0. The van der Waals surface area contributed by atoms with Crippen LogP contribution >= 0.6 is 0 Å². The van der Waals surface area contributed by atoms with Crippen LogP contribution in [0.15, 0.2) is 60.7 Å². The number of ether oxygens (including phenoxy) is 1. The van der Waals surface area contributed by atoms with Crippen LogP contribution in [0.25, 0.3) is 0 Å². The second-order valence-electron chi connectivity index (χ2n) is 8.24. The number of methoxy groups -OCH3 is 1. The maximum Gasteiger partial charge on any atom is 0.275 e. The average Bonchev–Trinajstić information content (AvgIpc) is 3.50. The molecule has 7 nitrogen and oxygen atoms in total. The molecule has 1 atom stereocenters. The average molecular weight is 447 g/mol. The Hall–Kier alpha value is -3.61. The molecule has 1 aromatic heterocycles. The lowest BCUT2D eigenvalue weighted by atomic mass is 10.1. The molecule has 2 heterocycles. The van der Waals surface area contributed by atoms with E-state index in [2.05, 4.69) is 17.3 Å². The summed E-state index contributed by atoms with van der Waals surface area (Å²) in [5.41, 5.74) is 3.51. The van der Waals surface area contributed by atoms with E-state index in [1.807, 2.05) is 65.3 Å². The second kappa shape index (κ2) is 10.3. The van der Waals surface area contributed by atoms with Crippen molar-refractivity contribution in [1.29, 1.82) is 0 Å². The molecule has 1 saturated heterocycles. The molecular formula is C26H30N4O3. The van der Waals surface area contributed by atoms with Crippen molar-refractivity contribution in [3.8, 4) is 5.75 Å². The number of hydrogen-bond donors (Lipinski definition) is 1. The molecule has 1 N–H and O–H groups in total. The summed E-state index contributed by atoms with van der Waals surface area (Å²) in [4.78, 5) is 27.9. The van der Waals surface area contributed by atoms with E-state index in [1.54, 1.807) is 12.0 Å². The molecule has 0 aliphatic carbocycles. The van der Waals surface area contributed by atoms with Gasteiger partial charge < -0.3 is 15.0 Å². The normalized spacial score (nSPS) is 15.5. The molecule has 7 heteroatoms. The maximum absolute atomic E-state index is 13.3. The topological polar surface area (TPSA) is 76.5 Å². The molecule has 172 valence electrons. The van der Waals surface area contributed by atoms with Crippen LogP contribution < -0.4 is 10.1 Å². The van der Waals surface area contributed by atoms with Gasteiger partial charge in [0.05, 0.1) is 13.7 Å². The molecule has 3 aromatic rings. The molecule has 1 aliphatic heterocycles. The van der Waals surface area contributed by atoms with Crippen molar-refractivity contribution in [1.82, 2.24) is 20.0 Å². The van der Waals surface area contributed by atoms with Crippen molar-refractivity contribution in [2.45, 2.75) is 45.3 Å². The number of carbonyl (C=O) groups excluding carboxylic acids is 2. The van der Waals surface area contributed by atoms with Gasteiger partial charge in [-0.1, -0.05) is 49.4 Å². The third-order valence-corrected chi connectivity index (χ3v) is 6.06. The minimum absolute atomic E-state index is 0.129. The first-order valence-electron chi connectivity index (χ1n) is 11.4. The third kappa shape index (κ3) is 5.25. The number of aryl methyl sites for hydroxylation is 1. The highest BCUT2D eigenvalue weighted by Gasteiger charge is 2.35. The van der Waals surface area contributed by atoms with E-state index in [0.29, 0.717) is 31.7 Å². The van der Waals surface area contributed by atoms with Crippen LogP contribution in [0.5, 0.6) is 5.75 Å². The number of rotatable bonds is 8. The van der Waals surface area contributed by atoms with Gasteiger partial charge in [0.15, 0.2) is 5.69 Å². The molecule has 1 fully saturated rings. The van der Waals surface area contributed by atoms with E-state index in [-0.39, 0.29) is 11.8 Å². The van der Waals surface area contributed by atoms with Crippen molar-refractivity contribution in [2.24, 2.45) is 0 Å². The van der Waals surface area contributed by atoms with Gasteiger partial charge in [0.1, 0.15) is 11.8 Å². The summed E-state index contributed by atoms with van der Waals surface area (Å²) < 4.78 is 7.06. The highest BCUT2D eigenvalue weighted by atomic mass is 16.5. The number of benzene rings is 2. The van der Waals surface area contributed by atoms with E-state index in [9.17, 15) is 9.59 Å². The smallest absolute Gasteiger partial charge is 0.275 e. The first-order valence-corrected chi connectivity index (χ1v) is 11.4. The van der Waals surface area contributed by atoms with Gasteiger partial charge in [-0.3, -0.25) is 14.3 Å². The molecule has 4 rings (SSSR count). The Morgan fingerprint density at radius 3 is 2.55 bits per heavy atom. The minimum Gasteiger partial charge on any atom is -0.497 e. The Kier molecular flexibility index (Phi) is 7.07. The van der Waals surface area contributed by atoms with Crippen molar-refractivity contribution >= 4 is 11.8 Å². The van der Waals surface area contributed by atoms with Gasteiger partial charge in [0, 0.05) is 18.8 Å². The number of nitrogens with one attached hydrogen (secondary N) is 1. The molecule has 0 bridgehead atoms. The van der Waals surface area contributed by atoms with Crippen LogP contribution in [-0.2, 0) is 24.3 Å². The summed E-state index contributed by atoms with van der Waals surface area (Å²) in [6.45, 7) is 3.64. The minimum atomic E-state index is -0.472. The Labute approximate surface area is 194 Å². The van der Waals surface area contributed by atoms with Gasteiger partial charge in [-0.15, -0.1) is 0 Å². The first kappa shape index (κ1) is 22.6. The van der Waals surface area contributed by atoms with Crippen LogP contribution in [0.4, 0.5) is 0 Å². The fraction of sp³-hybridized carbons (Fsp3) is 0.346. The summed E-state index contributed by atoms with van der Waals surface area (Å²) in [5.74, 6) is 0.463. The Bertz CT molecular complexity index is 1090. The van der Waals surface area contributed by atoms with Crippen molar-refractivity contribution in [2.75, 3.05) is 13.7 Å². The predicted molar refractivity (Wildman–Crippen MR) is 126 cm³/mol. The van der Waals surface area contributed by atoms with Crippen molar-refractivity contribution in [3.05, 3.63) is 83.2 Å². The molecule has 0 unspecified atom stereocenters. The SMILES string of the molecule is CCc1cc(C(=O)N2CCC[C@@H]2C(=O)NCc2ccc(OC)cc2)nn1Cc1ccccc1. The van der Waals surface area contributed by atoms with Gasteiger partial charge in [0.25, 0.3) is 5.91 Å².